The van der Waals surface area contributed by atoms with Crippen molar-refractivity contribution in [2.24, 2.45) is 0 Å². The van der Waals surface area contributed by atoms with E-state index in [0.717, 1.165) is 6.54 Å². The summed E-state index contributed by atoms with van der Waals surface area (Å²) in [6.07, 6.45) is 3.17. The van der Waals surface area contributed by atoms with Crippen LogP contribution >= 0.6 is 0 Å². The molecule has 0 aliphatic rings. The Morgan fingerprint density at radius 1 is 1.09 bits per heavy atom. The van der Waals surface area contributed by atoms with Gasteiger partial charge in [-0.2, -0.15) is 0 Å². The summed E-state index contributed by atoms with van der Waals surface area (Å²) in [6, 6.07) is 10.6. The first kappa shape index (κ1) is 16.9. The molecule has 0 radical (unpaired) electrons. The zero-order chi connectivity index (χ0) is 16.8. The lowest BCUT2D eigenvalue weighted by Gasteiger charge is -2.26. The van der Waals surface area contributed by atoms with Crippen molar-refractivity contribution in [3.63, 3.8) is 0 Å². The first-order valence-electron chi connectivity index (χ1n) is 7.91. The normalized spacial score (nSPS) is 10.9. The Morgan fingerprint density at radius 2 is 1.70 bits per heavy atom. The molecular formula is C18H24N4O. The Bertz CT molecular complexity index is 623. The van der Waals surface area contributed by atoms with E-state index in [1.54, 1.807) is 12.4 Å². The van der Waals surface area contributed by atoms with Gasteiger partial charge in [-0.3, -0.25) is 4.79 Å². The minimum atomic E-state index is -0.147. The first-order chi connectivity index (χ1) is 11.0. The van der Waals surface area contributed by atoms with Crippen LogP contribution in [0.4, 0.5) is 5.95 Å². The van der Waals surface area contributed by atoms with Gasteiger partial charge in [-0.25, -0.2) is 9.97 Å². The third-order valence-corrected chi connectivity index (χ3v) is 3.40. The van der Waals surface area contributed by atoms with E-state index in [2.05, 4.69) is 46.2 Å². The standard InChI is InChI=1S/C18H24N4O/c1-13(2)21-17(23)16-10-19-18(20-11-16)22(14(3)4)12-15-8-6-5-7-9-15/h5-11,13-14H,12H2,1-4H3,(H,21,23). The molecule has 2 rings (SSSR count). The minimum Gasteiger partial charge on any atom is -0.350 e. The van der Waals surface area contributed by atoms with Crippen molar-refractivity contribution in [3.05, 3.63) is 53.9 Å². The third kappa shape index (κ3) is 4.77. The van der Waals surface area contributed by atoms with Crippen LogP contribution < -0.4 is 10.2 Å². The highest BCUT2D eigenvalue weighted by Gasteiger charge is 2.15. The molecule has 5 nitrogen and oxygen atoms in total. The number of carbonyl (C=O) groups excluding carboxylic acids is 1. The van der Waals surface area contributed by atoms with Crippen molar-refractivity contribution in [1.82, 2.24) is 15.3 Å². The average molecular weight is 312 g/mol. The summed E-state index contributed by atoms with van der Waals surface area (Å²) in [5.41, 5.74) is 1.68. The maximum absolute atomic E-state index is 12.0. The molecule has 2 aromatic rings. The van der Waals surface area contributed by atoms with E-state index in [-0.39, 0.29) is 18.0 Å². The lowest BCUT2D eigenvalue weighted by Crippen LogP contribution is -2.33. The summed E-state index contributed by atoms with van der Waals surface area (Å²) in [4.78, 5) is 22.8. The zero-order valence-corrected chi connectivity index (χ0v) is 14.2. The molecule has 0 aliphatic carbocycles. The Kier molecular flexibility index (Phi) is 5.68. The Labute approximate surface area is 137 Å². The van der Waals surface area contributed by atoms with E-state index in [9.17, 15) is 4.79 Å². The lowest BCUT2D eigenvalue weighted by atomic mass is 10.2. The molecule has 0 aliphatic heterocycles. The topological polar surface area (TPSA) is 58.1 Å². The molecule has 0 fully saturated rings. The third-order valence-electron chi connectivity index (χ3n) is 3.40. The minimum absolute atomic E-state index is 0.0902. The molecule has 1 amide bonds. The quantitative estimate of drug-likeness (QED) is 0.891. The van der Waals surface area contributed by atoms with Gasteiger partial charge >= 0.3 is 0 Å². The summed E-state index contributed by atoms with van der Waals surface area (Å²) in [5, 5.41) is 2.84. The fraction of sp³-hybridized carbons (Fsp3) is 0.389. The molecule has 5 heteroatoms. The predicted octanol–water partition coefficient (Wildman–Crippen LogP) is 3.03. The van der Waals surface area contributed by atoms with Crippen molar-refractivity contribution >= 4 is 11.9 Å². The van der Waals surface area contributed by atoms with E-state index < -0.39 is 0 Å². The Balaban J connectivity index is 2.15. The predicted molar refractivity (Wildman–Crippen MR) is 92.4 cm³/mol. The lowest BCUT2D eigenvalue weighted by molar-refractivity contribution is 0.0942. The van der Waals surface area contributed by atoms with Crippen LogP contribution in [0, 0.1) is 0 Å². The molecule has 0 spiro atoms. The first-order valence-corrected chi connectivity index (χ1v) is 7.91. The molecule has 23 heavy (non-hydrogen) atoms. The van der Waals surface area contributed by atoms with E-state index >= 15 is 0 Å². The van der Waals surface area contributed by atoms with Gasteiger partial charge in [0.2, 0.25) is 5.95 Å². The molecule has 1 N–H and O–H groups in total. The molecule has 0 atom stereocenters. The molecule has 0 bridgehead atoms. The van der Waals surface area contributed by atoms with Crippen molar-refractivity contribution in [2.75, 3.05) is 4.90 Å². The van der Waals surface area contributed by atoms with E-state index in [0.29, 0.717) is 11.5 Å². The van der Waals surface area contributed by atoms with Crippen LogP contribution in [0.25, 0.3) is 0 Å². The number of benzene rings is 1. The van der Waals surface area contributed by atoms with Crippen LogP contribution in [-0.4, -0.2) is 28.0 Å². The van der Waals surface area contributed by atoms with Crippen LogP contribution in [0.5, 0.6) is 0 Å². The fourth-order valence-electron chi connectivity index (χ4n) is 2.20. The molecule has 122 valence electrons. The summed E-state index contributed by atoms with van der Waals surface area (Å²) >= 11 is 0. The highest BCUT2D eigenvalue weighted by molar-refractivity contribution is 5.93. The van der Waals surface area contributed by atoms with Crippen molar-refractivity contribution in [3.8, 4) is 0 Å². The summed E-state index contributed by atoms with van der Waals surface area (Å²) in [7, 11) is 0. The zero-order valence-electron chi connectivity index (χ0n) is 14.2. The van der Waals surface area contributed by atoms with Gasteiger partial charge in [0.25, 0.3) is 5.91 Å². The van der Waals surface area contributed by atoms with Gasteiger partial charge in [0.05, 0.1) is 5.56 Å². The van der Waals surface area contributed by atoms with E-state index in [1.165, 1.54) is 5.56 Å². The molecular weight excluding hydrogens is 288 g/mol. The van der Waals surface area contributed by atoms with Crippen molar-refractivity contribution in [2.45, 2.75) is 46.3 Å². The summed E-state index contributed by atoms with van der Waals surface area (Å²) in [6.45, 7) is 8.79. The highest BCUT2D eigenvalue weighted by Crippen LogP contribution is 2.15. The van der Waals surface area contributed by atoms with Crippen molar-refractivity contribution in [1.29, 1.82) is 0 Å². The van der Waals surface area contributed by atoms with Gasteiger partial charge in [0.15, 0.2) is 0 Å². The van der Waals surface area contributed by atoms with Gasteiger partial charge in [0, 0.05) is 31.0 Å². The molecule has 0 unspecified atom stereocenters. The summed E-state index contributed by atoms with van der Waals surface area (Å²) in [5.74, 6) is 0.482. The number of hydrogen-bond acceptors (Lipinski definition) is 4. The van der Waals surface area contributed by atoms with Crippen LogP contribution in [-0.2, 0) is 6.54 Å². The van der Waals surface area contributed by atoms with E-state index in [4.69, 9.17) is 0 Å². The van der Waals surface area contributed by atoms with Gasteiger partial charge in [0.1, 0.15) is 0 Å². The van der Waals surface area contributed by atoms with Crippen molar-refractivity contribution < 1.29 is 4.79 Å². The Morgan fingerprint density at radius 3 is 2.22 bits per heavy atom. The summed E-state index contributed by atoms with van der Waals surface area (Å²) < 4.78 is 0. The fourth-order valence-corrected chi connectivity index (χ4v) is 2.20. The second-order valence-corrected chi connectivity index (χ2v) is 6.11. The number of nitrogens with zero attached hydrogens (tertiary/aromatic N) is 3. The smallest absolute Gasteiger partial charge is 0.254 e. The van der Waals surface area contributed by atoms with E-state index in [1.807, 2.05) is 32.0 Å². The second-order valence-electron chi connectivity index (χ2n) is 6.11. The number of aromatic nitrogens is 2. The number of amides is 1. The maximum atomic E-state index is 12.0. The molecule has 1 heterocycles. The number of nitrogens with one attached hydrogen (secondary N) is 1. The van der Waals surface area contributed by atoms with Gasteiger partial charge in [-0.15, -0.1) is 0 Å². The number of hydrogen-bond donors (Lipinski definition) is 1. The monoisotopic (exact) mass is 312 g/mol. The Hall–Kier alpha value is -2.43. The van der Waals surface area contributed by atoms with Crippen LogP contribution in [0.3, 0.4) is 0 Å². The maximum Gasteiger partial charge on any atom is 0.254 e. The van der Waals surface area contributed by atoms with Crippen LogP contribution in [0.15, 0.2) is 42.7 Å². The van der Waals surface area contributed by atoms with Crippen LogP contribution in [0.2, 0.25) is 0 Å². The average Bonchev–Trinajstić information content (AvgIpc) is 2.53. The molecule has 0 saturated heterocycles. The molecule has 0 saturated carbocycles. The highest BCUT2D eigenvalue weighted by atomic mass is 16.1. The van der Waals surface area contributed by atoms with Crippen LogP contribution in [0.1, 0.15) is 43.6 Å². The SMILES string of the molecule is CC(C)NC(=O)c1cnc(N(Cc2ccccc2)C(C)C)nc1. The van der Waals surface area contributed by atoms with Gasteiger partial charge < -0.3 is 10.2 Å². The number of rotatable bonds is 6. The largest absolute Gasteiger partial charge is 0.350 e. The van der Waals surface area contributed by atoms with Gasteiger partial charge in [-0.1, -0.05) is 30.3 Å². The second kappa shape index (κ2) is 7.72. The number of anilines is 1. The van der Waals surface area contributed by atoms with Gasteiger partial charge in [-0.05, 0) is 33.3 Å². The molecule has 1 aromatic heterocycles. The number of carbonyl (C=O) groups is 1. The molecule has 1 aromatic carbocycles.